The summed E-state index contributed by atoms with van der Waals surface area (Å²) in [7, 11) is 0. The largest absolute Gasteiger partial charge is 0.477 e. The molecule has 2 nitrogen and oxygen atoms in total. The topological polar surface area (TPSA) is 22.1 Å². The monoisotopic (exact) mass is 229 g/mol. The normalized spacial score (nSPS) is 9.92. The molecule has 1 heterocycles. The molecule has 0 atom stereocenters. The molecule has 0 aliphatic heterocycles. The average Bonchev–Trinajstić information content (AvgIpc) is 2.03. The molecule has 1 aromatic heterocycles. The van der Waals surface area contributed by atoms with Gasteiger partial charge in [0.25, 0.3) is 0 Å². The summed E-state index contributed by atoms with van der Waals surface area (Å²) in [5.41, 5.74) is 1.13. The second-order valence-corrected chi connectivity index (χ2v) is 3.50. The van der Waals surface area contributed by atoms with Gasteiger partial charge in [0.05, 0.1) is 11.1 Å². The predicted molar refractivity (Wildman–Crippen MR) is 52.5 cm³/mol. The van der Waals surface area contributed by atoms with Gasteiger partial charge in [-0.2, -0.15) is 0 Å². The lowest BCUT2D eigenvalue weighted by Gasteiger charge is -2.05. The fraction of sp³-hybridized carbons (Fsp3) is 0.444. The van der Waals surface area contributed by atoms with Crippen LogP contribution >= 0.6 is 15.9 Å². The van der Waals surface area contributed by atoms with E-state index in [0.717, 1.165) is 16.5 Å². The van der Waals surface area contributed by atoms with Gasteiger partial charge >= 0.3 is 0 Å². The van der Waals surface area contributed by atoms with Gasteiger partial charge in [-0.3, -0.25) is 0 Å². The van der Waals surface area contributed by atoms with E-state index in [1.165, 1.54) is 0 Å². The van der Waals surface area contributed by atoms with Crippen molar-refractivity contribution >= 4 is 15.9 Å². The van der Waals surface area contributed by atoms with E-state index in [0.29, 0.717) is 12.5 Å². The summed E-state index contributed by atoms with van der Waals surface area (Å²) in [4.78, 5) is 4.15. The van der Waals surface area contributed by atoms with E-state index in [-0.39, 0.29) is 0 Å². The van der Waals surface area contributed by atoms with Crippen molar-refractivity contribution in [3.63, 3.8) is 0 Å². The molecule has 1 aromatic rings. The van der Waals surface area contributed by atoms with E-state index in [9.17, 15) is 0 Å². The summed E-state index contributed by atoms with van der Waals surface area (Å²) in [5, 5.41) is 0. The van der Waals surface area contributed by atoms with Gasteiger partial charge in [-0.1, -0.05) is 6.92 Å². The molecular formula is C9H12BrNO. The maximum absolute atomic E-state index is 5.38. The van der Waals surface area contributed by atoms with Crippen molar-refractivity contribution in [1.29, 1.82) is 0 Å². The summed E-state index contributed by atoms with van der Waals surface area (Å²) in [6.45, 7) is 4.79. The number of pyridine rings is 1. The molecule has 0 aliphatic rings. The highest BCUT2D eigenvalue weighted by molar-refractivity contribution is 9.10. The van der Waals surface area contributed by atoms with E-state index in [2.05, 4.69) is 27.8 Å². The van der Waals surface area contributed by atoms with Gasteiger partial charge in [-0.15, -0.1) is 0 Å². The number of hydrogen-bond donors (Lipinski definition) is 0. The van der Waals surface area contributed by atoms with Crippen LogP contribution in [0.15, 0.2) is 16.7 Å². The highest BCUT2D eigenvalue weighted by Gasteiger charge is 2.00. The number of aromatic nitrogens is 1. The first kappa shape index (κ1) is 9.52. The van der Waals surface area contributed by atoms with Crippen molar-refractivity contribution in [2.75, 3.05) is 6.61 Å². The lowest BCUT2D eigenvalue weighted by molar-refractivity contribution is 0.303. The van der Waals surface area contributed by atoms with Crippen LogP contribution in [0.1, 0.15) is 18.9 Å². The van der Waals surface area contributed by atoms with E-state index in [1.54, 1.807) is 6.20 Å². The molecule has 0 aliphatic carbocycles. The molecule has 0 unspecified atom stereocenters. The Morgan fingerprint density at radius 2 is 2.33 bits per heavy atom. The minimum atomic E-state index is 0.683. The quantitative estimate of drug-likeness (QED) is 0.796. The molecule has 0 aromatic carbocycles. The maximum atomic E-state index is 5.38. The average molecular weight is 230 g/mol. The van der Waals surface area contributed by atoms with Crippen molar-refractivity contribution in [3.05, 3.63) is 22.3 Å². The fourth-order valence-corrected chi connectivity index (χ4v) is 1.40. The predicted octanol–water partition coefficient (Wildman–Crippen LogP) is 2.94. The first-order valence-corrected chi connectivity index (χ1v) is 4.78. The van der Waals surface area contributed by atoms with Crippen molar-refractivity contribution in [1.82, 2.24) is 4.98 Å². The molecule has 66 valence electrons. The zero-order chi connectivity index (χ0) is 8.97. The Morgan fingerprint density at radius 1 is 1.58 bits per heavy atom. The van der Waals surface area contributed by atoms with Crippen LogP contribution in [0.3, 0.4) is 0 Å². The Balaban J connectivity index is 2.72. The summed E-state index contributed by atoms with van der Waals surface area (Å²) in [5.74, 6) is 0.683. The molecule has 1 rings (SSSR count). The first-order chi connectivity index (χ1) is 5.74. The summed E-state index contributed by atoms with van der Waals surface area (Å²) >= 11 is 3.39. The van der Waals surface area contributed by atoms with Gasteiger partial charge in [0, 0.05) is 6.20 Å². The number of aryl methyl sites for hydroxylation is 1. The van der Waals surface area contributed by atoms with Gasteiger partial charge in [0.15, 0.2) is 0 Å². The Bertz CT molecular complexity index is 263. The molecular weight excluding hydrogens is 218 g/mol. The number of ether oxygens (including phenoxy) is 1. The first-order valence-electron chi connectivity index (χ1n) is 3.99. The molecule has 0 N–H and O–H groups in total. The summed E-state index contributed by atoms with van der Waals surface area (Å²) in [6.07, 6.45) is 2.80. The van der Waals surface area contributed by atoms with Gasteiger partial charge < -0.3 is 4.74 Å². The van der Waals surface area contributed by atoms with Crippen LogP contribution < -0.4 is 4.74 Å². The second-order valence-electron chi connectivity index (χ2n) is 2.65. The molecule has 0 saturated heterocycles. The maximum Gasteiger partial charge on any atom is 0.227 e. The molecule has 0 spiro atoms. The minimum absolute atomic E-state index is 0.683. The number of halogens is 1. The highest BCUT2D eigenvalue weighted by atomic mass is 79.9. The number of hydrogen-bond acceptors (Lipinski definition) is 2. The Morgan fingerprint density at radius 3 is 2.92 bits per heavy atom. The van der Waals surface area contributed by atoms with Gasteiger partial charge in [-0.25, -0.2) is 4.98 Å². The van der Waals surface area contributed by atoms with E-state index < -0.39 is 0 Å². The molecule has 0 saturated carbocycles. The summed E-state index contributed by atoms with van der Waals surface area (Å²) < 4.78 is 6.31. The van der Waals surface area contributed by atoms with Crippen molar-refractivity contribution in [2.45, 2.75) is 20.3 Å². The molecule has 0 bridgehead atoms. The van der Waals surface area contributed by atoms with Gasteiger partial charge in [0.2, 0.25) is 5.88 Å². The molecule has 0 radical (unpaired) electrons. The van der Waals surface area contributed by atoms with Gasteiger partial charge in [-0.05, 0) is 40.9 Å². The Hall–Kier alpha value is -0.570. The molecule has 3 heteroatoms. The Kier molecular flexibility index (Phi) is 3.53. The minimum Gasteiger partial charge on any atom is -0.477 e. The van der Waals surface area contributed by atoms with E-state index in [4.69, 9.17) is 4.74 Å². The van der Waals surface area contributed by atoms with E-state index in [1.807, 2.05) is 13.0 Å². The smallest absolute Gasteiger partial charge is 0.227 e. The van der Waals surface area contributed by atoms with Crippen molar-refractivity contribution in [3.8, 4) is 5.88 Å². The third kappa shape index (κ3) is 2.48. The standard InChI is InChI=1S/C9H12BrNO/c1-3-4-12-9-8(10)5-7(2)6-11-9/h5-6H,3-4H2,1-2H3. The lowest BCUT2D eigenvalue weighted by Crippen LogP contribution is -1.98. The fourth-order valence-electron chi connectivity index (χ4n) is 0.826. The molecule has 12 heavy (non-hydrogen) atoms. The number of rotatable bonds is 3. The van der Waals surface area contributed by atoms with Crippen LogP contribution in [0.4, 0.5) is 0 Å². The van der Waals surface area contributed by atoms with Crippen LogP contribution in [-0.2, 0) is 0 Å². The van der Waals surface area contributed by atoms with Gasteiger partial charge in [0.1, 0.15) is 0 Å². The van der Waals surface area contributed by atoms with Crippen LogP contribution in [0.25, 0.3) is 0 Å². The lowest BCUT2D eigenvalue weighted by atomic mass is 10.3. The molecule has 0 fully saturated rings. The van der Waals surface area contributed by atoms with Crippen LogP contribution in [0.2, 0.25) is 0 Å². The Labute approximate surface area is 81.1 Å². The van der Waals surface area contributed by atoms with Crippen LogP contribution in [0, 0.1) is 6.92 Å². The van der Waals surface area contributed by atoms with Crippen LogP contribution in [0.5, 0.6) is 5.88 Å². The SMILES string of the molecule is CCCOc1ncc(C)cc1Br. The zero-order valence-corrected chi connectivity index (χ0v) is 8.89. The van der Waals surface area contributed by atoms with E-state index >= 15 is 0 Å². The third-order valence-electron chi connectivity index (χ3n) is 1.39. The summed E-state index contributed by atoms with van der Waals surface area (Å²) in [6, 6.07) is 2.00. The third-order valence-corrected chi connectivity index (χ3v) is 1.96. The zero-order valence-electron chi connectivity index (χ0n) is 7.30. The number of nitrogens with zero attached hydrogens (tertiary/aromatic N) is 1. The van der Waals surface area contributed by atoms with Crippen molar-refractivity contribution in [2.24, 2.45) is 0 Å². The second kappa shape index (κ2) is 4.45. The van der Waals surface area contributed by atoms with Crippen molar-refractivity contribution < 1.29 is 4.74 Å². The van der Waals surface area contributed by atoms with Crippen LogP contribution in [-0.4, -0.2) is 11.6 Å². The highest BCUT2D eigenvalue weighted by Crippen LogP contribution is 2.22. The molecule has 0 amide bonds.